The smallest absolute Gasteiger partial charge is 0.271 e. The number of hydrogen-bond acceptors (Lipinski definition) is 8. The number of piperidine rings is 1. The van der Waals surface area contributed by atoms with Crippen LogP contribution < -0.4 is 18.9 Å². The topological polar surface area (TPSA) is 112 Å². The summed E-state index contributed by atoms with van der Waals surface area (Å²) in [4.78, 5) is 22.9. The summed E-state index contributed by atoms with van der Waals surface area (Å²) < 4.78 is 22.0. The third kappa shape index (κ3) is 4.43. The van der Waals surface area contributed by atoms with E-state index in [1.165, 1.54) is 0 Å². The summed E-state index contributed by atoms with van der Waals surface area (Å²) >= 11 is 0. The van der Waals surface area contributed by atoms with E-state index in [4.69, 9.17) is 18.9 Å². The molecule has 4 rings (SSSR count). The third-order valence-electron chi connectivity index (χ3n) is 5.32. The van der Waals surface area contributed by atoms with Gasteiger partial charge in [-0.15, -0.1) is 0 Å². The Bertz CT molecular complexity index is 1040. The number of carbonyl (C=O) groups is 1. The Morgan fingerprint density at radius 1 is 1.03 bits per heavy atom. The Balaban J connectivity index is 1.43. The zero-order valence-corrected chi connectivity index (χ0v) is 18.2. The fraction of sp³-hybridized carbons (Fsp3) is 0.364. The van der Waals surface area contributed by atoms with Crippen LogP contribution in [0.4, 0.5) is 0 Å². The molecule has 1 N–H and O–H groups in total. The van der Waals surface area contributed by atoms with E-state index >= 15 is 0 Å². The van der Waals surface area contributed by atoms with Gasteiger partial charge in [-0.1, -0.05) is 0 Å². The summed E-state index contributed by atoms with van der Waals surface area (Å²) in [6.07, 6.45) is 6.23. The number of benzene rings is 1. The molecule has 1 aliphatic rings. The molecule has 2 aromatic heterocycles. The molecule has 0 atom stereocenters. The molecule has 0 bridgehead atoms. The van der Waals surface area contributed by atoms with Gasteiger partial charge < -0.3 is 23.8 Å². The van der Waals surface area contributed by atoms with E-state index in [0.717, 1.165) is 18.4 Å². The van der Waals surface area contributed by atoms with E-state index in [1.807, 2.05) is 0 Å². The van der Waals surface area contributed by atoms with Crippen LogP contribution in [0.25, 0.3) is 11.3 Å². The minimum absolute atomic E-state index is 0.00677. The molecule has 1 fully saturated rings. The zero-order valence-electron chi connectivity index (χ0n) is 18.2. The lowest BCUT2D eigenvalue weighted by Crippen LogP contribution is -2.42. The molecule has 3 aromatic rings. The average molecular weight is 439 g/mol. The second kappa shape index (κ2) is 9.54. The van der Waals surface area contributed by atoms with Crippen LogP contribution >= 0.6 is 0 Å². The van der Waals surface area contributed by atoms with Crippen molar-refractivity contribution in [3.63, 3.8) is 0 Å². The van der Waals surface area contributed by atoms with Crippen LogP contribution in [-0.2, 0) is 0 Å². The summed E-state index contributed by atoms with van der Waals surface area (Å²) in [5.41, 5.74) is 1.77. The van der Waals surface area contributed by atoms with Gasteiger partial charge in [-0.3, -0.25) is 14.9 Å². The molecule has 0 spiro atoms. The molecule has 0 radical (unpaired) electrons. The summed E-state index contributed by atoms with van der Waals surface area (Å²) in [6, 6.07) is 5.31. The largest absolute Gasteiger partial charge is 0.493 e. The number of nitrogens with zero attached hydrogens (tertiary/aromatic N) is 4. The third-order valence-corrected chi connectivity index (χ3v) is 5.32. The Labute approximate surface area is 185 Å². The number of methoxy groups -OCH3 is 3. The number of aromatic amines is 1. The quantitative estimate of drug-likeness (QED) is 0.598. The first-order valence-electron chi connectivity index (χ1n) is 10.2. The zero-order chi connectivity index (χ0) is 22.5. The summed E-state index contributed by atoms with van der Waals surface area (Å²) in [5, 5.41) is 7.17. The van der Waals surface area contributed by atoms with Crippen LogP contribution in [0, 0.1) is 0 Å². The highest BCUT2D eigenvalue weighted by molar-refractivity contribution is 5.93. The molecule has 10 heteroatoms. The Hall–Kier alpha value is -3.82. The van der Waals surface area contributed by atoms with Gasteiger partial charge in [0.15, 0.2) is 11.5 Å². The fourth-order valence-electron chi connectivity index (χ4n) is 3.67. The number of amides is 1. The summed E-state index contributed by atoms with van der Waals surface area (Å²) in [5.74, 6) is 1.93. The van der Waals surface area contributed by atoms with Crippen molar-refractivity contribution in [2.45, 2.75) is 18.9 Å². The van der Waals surface area contributed by atoms with Crippen LogP contribution in [0.15, 0.2) is 36.8 Å². The van der Waals surface area contributed by atoms with Gasteiger partial charge in [-0.25, -0.2) is 4.98 Å². The van der Waals surface area contributed by atoms with E-state index < -0.39 is 0 Å². The van der Waals surface area contributed by atoms with Crippen molar-refractivity contribution in [3.05, 3.63) is 42.5 Å². The van der Waals surface area contributed by atoms with Gasteiger partial charge >= 0.3 is 0 Å². The van der Waals surface area contributed by atoms with E-state index in [9.17, 15) is 4.79 Å². The number of H-pyrrole nitrogens is 1. The molecular weight excluding hydrogens is 414 g/mol. The lowest BCUT2D eigenvalue weighted by atomic mass is 10.1. The molecule has 168 valence electrons. The molecule has 1 aliphatic heterocycles. The van der Waals surface area contributed by atoms with Crippen molar-refractivity contribution in [2.75, 3.05) is 34.4 Å². The number of aromatic nitrogens is 4. The average Bonchev–Trinajstić information content (AvgIpc) is 3.34. The van der Waals surface area contributed by atoms with E-state index in [-0.39, 0.29) is 12.0 Å². The number of likely N-dealkylation sites (tertiary alicyclic amines) is 1. The predicted molar refractivity (Wildman–Crippen MR) is 115 cm³/mol. The van der Waals surface area contributed by atoms with Gasteiger partial charge in [-0.05, 0) is 18.2 Å². The molecule has 0 aliphatic carbocycles. The van der Waals surface area contributed by atoms with Crippen molar-refractivity contribution >= 4 is 5.91 Å². The Morgan fingerprint density at radius 2 is 1.75 bits per heavy atom. The molecule has 1 saturated heterocycles. The lowest BCUT2D eigenvalue weighted by molar-refractivity contribution is 0.0581. The minimum Gasteiger partial charge on any atom is -0.493 e. The predicted octanol–water partition coefficient (Wildman–Crippen LogP) is 2.58. The lowest BCUT2D eigenvalue weighted by Gasteiger charge is -2.31. The van der Waals surface area contributed by atoms with E-state index in [0.29, 0.717) is 47.6 Å². The molecule has 3 heterocycles. The number of carbonyl (C=O) groups excluding carboxylic acids is 1. The van der Waals surface area contributed by atoms with Crippen molar-refractivity contribution in [1.82, 2.24) is 25.1 Å². The molecule has 0 saturated carbocycles. The maximum atomic E-state index is 13.0. The normalized spacial score (nSPS) is 14.2. The van der Waals surface area contributed by atoms with E-state index in [1.54, 1.807) is 63.0 Å². The highest BCUT2D eigenvalue weighted by Crippen LogP contribution is 2.40. The maximum absolute atomic E-state index is 13.0. The second-order valence-corrected chi connectivity index (χ2v) is 7.23. The van der Waals surface area contributed by atoms with Crippen LogP contribution in [0.2, 0.25) is 0 Å². The summed E-state index contributed by atoms with van der Waals surface area (Å²) in [7, 11) is 4.66. The van der Waals surface area contributed by atoms with Gasteiger partial charge in [-0.2, -0.15) is 5.10 Å². The number of hydrogen-bond donors (Lipinski definition) is 1. The molecular formula is C22H25N5O5. The number of ether oxygens (including phenoxy) is 4. The first kappa shape index (κ1) is 21.4. The number of nitrogens with one attached hydrogen (secondary N) is 1. The molecule has 0 unspecified atom stereocenters. The molecule has 1 aromatic carbocycles. The fourth-order valence-corrected chi connectivity index (χ4v) is 3.67. The van der Waals surface area contributed by atoms with Crippen LogP contribution in [-0.4, -0.2) is 71.5 Å². The van der Waals surface area contributed by atoms with Crippen LogP contribution in [0.3, 0.4) is 0 Å². The second-order valence-electron chi connectivity index (χ2n) is 7.23. The number of rotatable bonds is 7. The van der Waals surface area contributed by atoms with Gasteiger partial charge in [0, 0.05) is 43.9 Å². The Kier molecular flexibility index (Phi) is 6.39. The minimum atomic E-state index is -0.103. The van der Waals surface area contributed by atoms with Gasteiger partial charge in [0.25, 0.3) is 5.91 Å². The van der Waals surface area contributed by atoms with Crippen molar-refractivity contribution in [1.29, 1.82) is 0 Å². The standard InChI is InChI=1S/C22H25N5O5/c1-29-18-10-14(11-19(30-2)21(18)31-3)16-12-17(26-25-16)22(28)27-8-4-15(5-9-27)32-20-13-23-6-7-24-20/h6-7,10-13,15H,4-5,8-9H2,1-3H3,(H,25,26). The Morgan fingerprint density at radius 3 is 2.34 bits per heavy atom. The van der Waals surface area contributed by atoms with Crippen molar-refractivity contribution in [2.24, 2.45) is 0 Å². The highest BCUT2D eigenvalue weighted by Gasteiger charge is 2.26. The monoisotopic (exact) mass is 439 g/mol. The first-order valence-corrected chi connectivity index (χ1v) is 10.2. The molecule has 1 amide bonds. The molecule has 32 heavy (non-hydrogen) atoms. The van der Waals surface area contributed by atoms with Crippen LogP contribution in [0.5, 0.6) is 23.1 Å². The first-order chi connectivity index (χ1) is 15.6. The van der Waals surface area contributed by atoms with Crippen molar-refractivity contribution in [3.8, 4) is 34.4 Å². The van der Waals surface area contributed by atoms with Gasteiger partial charge in [0.1, 0.15) is 11.8 Å². The maximum Gasteiger partial charge on any atom is 0.271 e. The van der Waals surface area contributed by atoms with E-state index in [2.05, 4.69) is 20.2 Å². The molecule has 10 nitrogen and oxygen atoms in total. The summed E-state index contributed by atoms with van der Waals surface area (Å²) in [6.45, 7) is 1.17. The van der Waals surface area contributed by atoms with Gasteiger partial charge in [0.2, 0.25) is 11.6 Å². The van der Waals surface area contributed by atoms with Crippen LogP contribution in [0.1, 0.15) is 23.3 Å². The van der Waals surface area contributed by atoms with Gasteiger partial charge in [0.05, 0.1) is 33.2 Å². The van der Waals surface area contributed by atoms with Crippen molar-refractivity contribution < 1.29 is 23.7 Å². The highest BCUT2D eigenvalue weighted by atomic mass is 16.5. The SMILES string of the molecule is COc1cc(-c2cc(C(=O)N3CCC(Oc4cnccn4)CC3)[nH]n2)cc(OC)c1OC.